The van der Waals surface area contributed by atoms with Crippen LogP contribution < -0.4 is 26.2 Å². The van der Waals surface area contributed by atoms with Gasteiger partial charge in [-0.3, -0.25) is 0 Å². The summed E-state index contributed by atoms with van der Waals surface area (Å²) in [5, 5.41) is 4.86. The maximum Gasteiger partial charge on any atom is 0.252 e. The van der Waals surface area contributed by atoms with Gasteiger partial charge in [0.15, 0.2) is 5.82 Å². The molecule has 0 spiro atoms. The number of hydrogen-bond donors (Lipinski definition) is 0. The van der Waals surface area contributed by atoms with Gasteiger partial charge in [-0.1, -0.05) is 229 Å². The molecule has 370 valence electrons. The van der Waals surface area contributed by atoms with Gasteiger partial charge >= 0.3 is 0 Å². The quantitative estimate of drug-likeness (QED) is 0.161. The van der Waals surface area contributed by atoms with E-state index in [1.165, 1.54) is 71.6 Å². The second-order valence-electron chi connectivity index (χ2n) is 25.2. The lowest BCUT2D eigenvalue weighted by atomic mass is 9.33. The predicted molar refractivity (Wildman–Crippen MR) is 322 cm³/mol. The minimum Gasteiger partial charge on any atom is -0.311 e. The van der Waals surface area contributed by atoms with Crippen LogP contribution in [0.15, 0.2) is 188 Å². The van der Waals surface area contributed by atoms with E-state index in [0.29, 0.717) is 5.82 Å². The van der Waals surface area contributed by atoms with Gasteiger partial charge in [-0.2, -0.15) is 0 Å². The largest absolute Gasteiger partial charge is 0.311 e. The highest BCUT2D eigenvalue weighted by Crippen LogP contribution is 2.51. The van der Waals surface area contributed by atoms with E-state index in [9.17, 15) is 0 Å². The summed E-state index contributed by atoms with van der Waals surface area (Å²) in [6, 6.07) is 70.4. The average Bonchev–Trinajstić information content (AvgIpc) is 3.40. The average molecular weight is 975 g/mol. The molecule has 0 radical (unpaired) electrons. The SMILES string of the molecule is CC(C)(C)c1cc(N2c3cc(-c4nc(-c5ccccc5)cc(-c5ccccc5)n4)cc4c3B(c3ccc5ccccc5c32)c2ccc3ccccc3c2N4c2cc(C(C)(C)C)cc(C(C)(C)C)c2)cc(C(C)(C)C)c1. The van der Waals surface area contributed by atoms with Crippen LogP contribution in [-0.4, -0.2) is 16.7 Å². The van der Waals surface area contributed by atoms with Crippen LogP contribution in [-0.2, 0) is 21.7 Å². The lowest BCUT2D eigenvalue weighted by Gasteiger charge is -2.45. The van der Waals surface area contributed by atoms with Gasteiger partial charge in [0.1, 0.15) is 0 Å². The highest BCUT2D eigenvalue weighted by Gasteiger charge is 2.45. The normalized spacial score (nSPS) is 13.5. The molecule has 12 rings (SSSR count). The summed E-state index contributed by atoms with van der Waals surface area (Å²) in [6.07, 6.45) is 0. The summed E-state index contributed by atoms with van der Waals surface area (Å²) in [5.41, 5.74) is 20.4. The van der Waals surface area contributed by atoms with Crippen molar-refractivity contribution in [2.45, 2.75) is 105 Å². The molecule has 4 nitrogen and oxygen atoms in total. The number of nitrogens with zero attached hydrogens (tertiary/aromatic N) is 4. The number of anilines is 6. The molecule has 0 fully saturated rings. The Hall–Kier alpha value is -7.76. The summed E-state index contributed by atoms with van der Waals surface area (Å²) in [7, 11) is 0. The monoisotopic (exact) mass is 975 g/mol. The van der Waals surface area contributed by atoms with Crippen LogP contribution in [0.1, 0.15) is 105 Å². The topological polar surface area (TPSA) is 32.3 Å². The third-order valence-corrected chi connectivity index (χ3v) is 15.8. The summed E-state index contributed by atoms with van der Waals surface area (Å²) < 4.78 is 0. The van der Waals surface area contributed by atoms with Crippen molar-refractivity contribution < 1.29 is 0 Å². The van der Waals surface area contributed by atoms with Crippen molar-refractivity contribution in [1.82, 2.24) is 9.97 Å². The van der Waals surface area contributed by atoms with E-state index in [2.05, 4.69) is 281 Å². The maximum atomic E-state index is 5.58. The van der Waals surface area contributed by atoms with Crippen molar-refractivity contribution >= 4 is 78.8 Å². The Kier molecular flexibility index (Phi) is 11.2. The zero-order chi connectivity index (χ0) is 52.3. The number of hydrogen-bond acceptors (Lipinski definition) is 4. The number of rotatable bonds is 5. The van der Waals surface area contributed by atoms with Gasteiger partial charge in [0.25, 0.3) is 6.71 Å². The van der Waals surface area contributed by atoms with Crippen LogP contribution in [0.2, 0.25) is 0 Å². The fraction of sp³-hybridized carbons (Fsp3) is 0.229. The molecule has 0 saturated heterocycles. The van der Waals surface area contributed by atoms with Crippen LogP contribution in [0.3, 0.4) is 0 Å². The van der Waals surface area contributed by atoms with Gasteiger partial charge in [-0.25, -0.2) is 9.97 Å². The van der Waals surface area contributed by atoms with E-state index in [-0.39, 0.29) is 28.4 Å². The van der Waals surface area contributed by atoms with Gasteiger partial charge in [0.05, 0.1) is 11.4 Å². The molecule has 10 aromatic rings. The lowest BCUT2D eigenvalue weighted by molar-refractivity contribution is 0.568. The maximum absolute atomic E-state index is 5.58. The molecule has 9 aromatic carbocycles. The molecule has 0 unspecified atom stereocenters. The lowest BCUT2D eigenvalue weighted by Crippen LogP contribution is -2.61. The summed E-state index contributed by atoms with van der Waals surface area (Å²) >= 11 is 0. The van der Waals surface area contributed by atoms with Gasteiger partial charge < -0.3 is 9.80 Å². The van der Waals surface area contributed by atoms with Crippen LogP contribution in [0.4, 0.5) is 34.1 Å². The molecule has 2 aliphatic rings. The van der Waals surface area contributed by atoms with Gasteiger partial charge in [0, 0.05) is 61.6 Å². The van der Waals surface area contributed by atoms with E-state index in [4.69, 9.17) is 9.97 Å². The minimum atomic E-state index is -0.115. The zero-order valence-electron chi connectivity index (χ0n) is 45.8. The first-order valence-electron chi connectivity index (χ1n) is 26.8. The predicted octanol–water partition coefficient (Wildman–Crippen LogP) is 17.1. The molecule has 5 heteroatoms. The van der Waals surface area contributed by atoms with E-state index in [0.717, 1.165) is 50.8 Å². The molecule has 0 saturated carbocycles. The smallest absolute Gasteiger partial charge is 0.252 e. The Bertz CT molecular complexity index is 3570. The van der Waals surface area contributed by atoms with Gasteiger partial charge in [-0.15, -0.1) is 0 Å². The van der Waals surface area contributed by atoms with E-state index < -0.39 is 0 Å². The summed E-state index contributed by atoms with van der Waals surface area (Å²) in [5.74, 6) is 0.677. The molecule has 0 N–H and O–H groups in total. The first kappa shape index (κ1) is 48.2. The van der Waals surface area contributed by atoms with Crippen molar-refractivity contribution in [2.24, 2.45) is 0 Å². The second-order valence-corrected chi connectivity index (χ2v) is 25.2. The van der Waals surface area contributed by atoms with Crippen LogP contribution in [0.5, 0.6) is 0 Å². The molecule has 1 aromatic heterocycles. The first-order valence-corrected chi connectivity index (χ1v) is 26.8. The van der Waals surface area contributed by atoms with Crippen LogP contribution in [0.25, 0.3) is 55.4 Å². The second kappa shape index (κ2) is 17.4. The molecule has 0 amide bonds. The van der Waals surface area contributed by atoms with Crippen molar-refractivity contribution in [3.05, 3.63) is 210 Å². The highest BCUT2D eigenvalue weighted by atomic mass is 15.2. The first-order chi connectivity index (χ1) is 35.7. The third-order valence-electron chi connectivity index (χ3n) is 15.8. The highest BCUT2D eigenvalue weighted by molar-refractivity contribution is 7.00. The van der Waals surface area contributed by atoms with Crippen LogP contribution in [0, 0.1) is 0 Å². The van der Waals surface area contributed by atoms with Crippen LogP contribution >= 0.6 is 0 Å². The molecule has 2 aliphatic heterocycles. The Balaban J connectivity index is 1.28. The number of fused-ring (bicyclic) bond motifs is 8. The zero-order valence-corrected chi connectivity index (χ0v) is 45.8. The van der Waals surface area contributed by atoms with Gasteiger partial charge in [-0.05, 0) is 114 Å². The number of benzene rings is 9. The van der Waals surface area contributed by atoms with Crippen molar-refractivity contribution in [1.29, 1.82) is 0 Å². The Morgan fingerprint density at radius 3 is 1.08 bits per heavy atom. The minimum absolute atomic E-state index is 0.104. The number of aromatic nitrogens is 2. The van der Waals surface area contributed by atoms with Crippen molar-refractivity contribution in [3.8, 4) is 33.9 Å². The molecular weight excluding hydrogens is 908 g/mol. The fourth-order valence-electron chi connectivity index (χ4n) is 11.5. The van der Waals surface area contributed by atoms with E-state index >= 15 is 0 Å². The Morgan fingerprint density at radius 2 is 0.707 bits per heavy atom. The Morgan fingerprint density at radius 1 is 0.347 bits per heavy atom. The van der Waals surface area contributed by atoms with Crippen molar-refractivity contribution in [3.63, 3.8) is 0 Å². The molecule has 3 heterocycles. The van der Waals surface area contributed by atoms with E-state index in [1.54, 1.807) is 0 Å². The van der Waals surface area contributed by atoms with Crippen molar-refractivity contribution in [2.75, 3.05) is 9.80 Å². The van der Waals surface area contributed by atoms with E-state index in [1.807, 2.05) is 0 Å². The molecule has 0 aliphatic carbocycles. The molecule has 75 heavy (non-hydrogen) atoms. The molecule has 0 atom stereocenters. The third kappa shape index (κ3) is 8.42. The molecular formula is C70H67BN4. The van der Waals surface area contributed by atoms with Gasteiger partial charge in [0.2, 0.25) is 0 Å². The summed E-state index contributed by atoms with van der Waals surface area (Å²) in [4.78, 5) is 16.4. The Labute approximate surface area is 445 Å². The fourth-order valence-corrected chi connectivity index (χ4v) is 11.5. The standard InChI is InChI=1S/C70H67BN4/c1-67(2,3)49-37-50(68(4,5)6)40-53(39-49)74-61-35-48(66-72-59(46-25-15-13-16-26-46)43-60(73-66)47-27-17-14-18-28-47)36-62-63(61)71(57-33-31-44-23-19-21-29-55(44)64(57)74)58-34-32-45-24-20-22-30-56(45)65(58)75(62)54-41-51(69(7,8)9)38-52(42-54)70(10,11)12/h13-43H,1-12H3. The molecule has 0 bridgehead atoms. The summed E-state index contributed by atoms with van der Waals surface area (Å²) in [6.45, 7) is 28.0.